The van der Waals surface area contributed by atoms with Gasteiger partial charge in [-0.3, -0.25) is 10.1 Å². The molecule has 0 amide bonds. The quantitative estimate of drug-likeness (QED) is 0.406. The number of aryl methyl sites for hydroxylation is 1. The molecule has 7 heteroatoms. The number of rotatable bonds is 3. The zero-order chi connectivity index (χ0) is 19.1. The first-order valence-electron chi connectivity index (χ1n) is 9.37. The van der Waals surface area contributed by atoms with Gasteiger partial charge in [-0.2, -0.15) is 5.10 Å². The van der Waals surface area contributed by atoms with Gasteiger partial charge in [-0.05, 0) is 61.6 Å². The van der Waals surface area contributed by atoms with Crippen LogP contribution < -0.4 is 5.32 Å². The molecular formula is C22H18ClFN4V. The van der Waals surface area contributed by atoms with Gasteiger partial charge in [-0.25, -0.2) is 4.39 Å². The number of halogens is 2. The Morgan fingerprint density at radius 2 is 1.86 bits per heavy atom. The molecule has 4 aromatic rings. The number of H-pyrrole nitrogens is 1. The summed E-state index contributed by atoms with van der Waals surface area (Å²) in [6, 6.07) is 14.3. The maximum atomic E-state index is 13.7. The number of hydrogen-bond acceptors (Lipinski definition) is 3. The number of aromatic nitrogens is 3. The number of aromatic amines is 1. The molecule has 0 aliphatic heterocycles. The van der Waals surface area contributed by atoms with Gasteiger partial charge in [0.05, 0.1) is 11.2 Å². The van der Waals surface area contributed by atoms with E-state index in [-0.39, 0.29) is 24.4 Å². The van der Waals surface area contributed by atoms with Crippen LogP contribution in [0.3, 0.4) is 0 Å². The largest absolute Gasteiger partial charge is 0.338 e. The van der Waals surface area contributed by atoms with Crippen molar-refractivity contribution in [2.24, 2.45) is 0 Å². The molecule has 29 heavy (non-hydrogen) atoms. The Hall–Kier alpha value is -2.34. The normalized spacial score (nSPS) is 13.0. The molecule has 1 radical (unpaired) electrons. The van der Waals surface area contributed by atoms with Crippen molar-refractivity contribution in [1.82, 2.24) is 15.2 Å². The topological polar surface area (TPSA) is 53.6 Å². The number of nitrogens with one attached hydrogen (secondary N) is 2. The van der Waals surface area contributed by atoms with E-state index in [1.165, 1.54) is 17.7 Å². The fraction of sp³-hybridized carbons (Fsp3) is 0.182. The van der Waals surface area contributed by atoms with Crippen molar-refractivity contribution in [2.75, 3.05) is 5.32 Å². The molecular weight excluding hydrogens is 426 g/mol. The summed E-state index contributed by atoms with van der Waals surface area (Å²) in [7, 11) is 0. The molecule has 2 aromatic carbocycles. The van der Waals surface area contributed by atoms with E-state index in [1.54, 1.807) is 6.07 Å². The summed E-state index contributed by atoms with van der Waals surface area (Å²) in [4.78, 5) is 4.90. The van der Waals surface area contributed by atoms with Crippen LogP contribution in [0.15, 0.2) is 48.5 Å². The number of hydrogen-bond donors (Lipinski definition) is 2. The van der Waals surface area contributed by atoms with Gasteiger partial charge in [0.1, 0.15) is 5.82 Å². The summed E-state index contributed by atoms with van der Waals surface area (Å²) in [5.41, 5.74) is 5.78. The maximum Gasteiger partial charge on any atom is 0.160 e. The molecule has 0 saturated heterocycles. The maximum absolute atomic E-state index is 13.7. The third-order valence-corrected chi connectivity index (χ3v) is 5.56. The van der Waals surface area contributed by atoms with Crippen LogP contribution in [0.4, 0.5) is 15.9 Å². The summed E-state index contributed by atoms with van der Waals surface area (Å²) >= 11 is 6.41. The van der Waals surface area contributed by atoms with Crippen molar-refractivity contribution >= 4 is 34.0 Å². The molecule has 1 aliphatic carbocycles. The third-order valence-electron chi connectivity index (χ3n) is 5.23. The zero-order valence-electron chi connectivity index (χ0n) is 15.5. The first-order valence-corrected chi connectivity index (χ1v) is 9.75. The Kier molecular flexibility index (Phi) is 5.64. The van der Waals surface area contributed by atoms with Crippen LogP contribution in [0.5, 0.6) is 0 Å². The van der Waals surface area contributed by atoms with E-state index >= 15 is 0 Å². The fourth-order valence-electron chi connectivity index (χ4n) is 3.83. The second-order valence-electron chi connectivity index (χ2n) is 7.05. The van der Waals surface area contributed by atoms with Crippen molar-refractivity contribution in [3.63, 3.8) is 0 Å². The molecule has 0 spiro atoms. The van der Waals surface area contributed by atoms with Crippen LogP contribution >= 0.6 is 11.6 Å². The zero-order valence-corrected chi connectivity index (χ0v) is 17.7. The molecule has 0 bridgehead atoms. The van der Waals surface area contributed by atoms with Gasteiger partial charge >= 0.3 is 0 Å². The second-order valence-corrected chi connectivity index (χ2v) is 7.46. The predicted molar refractivity (Wildman–Crippen MR) is 111 cm³/mol. The van der Waals surface area contributed by atoms with Crippen molar-refractivity contribution in [1.29, 1.82) is 0 Å². The summed E-state index contributed by atoms with van der Waals surface area (Å²) < 4.78 is 13.7. The molecule has 5 rings (SSSR count). The average molecular weight is 444 g/mol. The van der Waals surface area contributed by atoms with E-state index in [0.29, 0.717) is 10.8 Å². The van der Waals surface area contributed by atoms with E-state index in [0.717, 1.165) is 59.2 Å². The molecule has 0 unspecified atom stereocenters. The summed E-state index contributed by atoms with van der Waals surface area (Å²) in [5, 5.41) is 12.1. The number of benzene rings is 2. The average Bonchev–Trinajstić information content (AvgIpc) is 3.10. The number of anilines is 2. The van der Waals surface area contributed by atoms with E-state index in [1.807, 2.05) is 30.3 Å². The van der Waals surface area contributed by atoms with Gasteiger partial charge in [-0.1, -0.05) is 29.8 Å². The van der Waals surface area contributed by atoms with Gasteiger partial charge in [0.15, 0.2) is 5.82 Å². The van der Waals surface area contributed by atoms with E-state index in [9.17, 15) is 4.39 Å². The predicted octanol–water partition coefficient (Wildman–Crippen LogP) is 6.04. The van der Waals surface area contributed by atoms with Crippen molar-refractivity contribution in [2.45, 2.75) is 25.7 Å². The van der Waals surface area contributed by atoms with Crippen LogP contribution in [-0.2, 0) is 31.4 Å². The minimum atomic E-state index is -0.287. The molecule has 0 atom stereocenters. The van der Waals surface area contributed by atoms with Crippen LogP contribution in [0.1, 0.15) is 24.1 Å². The van der Waals surface area contributed by atoms with Gasteiger partial charge in [0.25, 0.3) is 0 Å². The standard InChI is InChI=1S/C22H18ClFN4.V/c23-17-7-3-1-5-14(17)20-12-21(15-6-2-4-8-18(15)25-20)26-22-16-11-13(24)9-10-19(16)27-28-22;/h1,3,5,7,9-12H,2,4,6,8H2,(H2,25,26,27,28);. The van der Waals surface area contributed by atoms with E-state index in [2.05, 4.69) is 15.5 Å². The van der Waals surface area contributed by atoms with Crippen molar-refractivity contribution in [3.8, 4) is 11.3 Å². The molecule has 0 fully saturated rings. The Labute approximate surface area is 184 Å². The van der Waals surface area contributed by atoms with Crippen LogP contribution in [0, 0.1) is 5.82 Å². The molecule has 145 valence electrons. The molecule has 2 heterocycles. The Balaban J connectivity index is 0.00000205. The number of nitrogens with zero attached hydrogens (tertiary/aromatic N) is 2. The smallest absolute Gasteiger partial charge is 0.160 e. The molecule has 2 aromatic heterocycles. The first kappa shape index (κ1) is 20.0. The minimum Gasteiger partial charge on any atom is -0.338 e. The minimum absolute atomic E-state index is 0. The number of pyridine rings is 1. The van der Waals surface area contributed by atoms with Gasteiger partial charge in [0.2, 0.25) is 0 Å². The van der Waals surface area contributed by atoms with Gasteiger partial charge in [-0.15, -0.1) is 0 Å². The van der Waals surface area contributed by atoms with Gasteiger partial charge in [0, 0.05) is 45.9 Å². The van der Waals surface area contributed by atoms with Crippen LogP contribution in [-0.4, -0.2) is 15.2 Å². The first-order chi connectivity index (χ1) is 13.7. The summed E-state index contributed by atoms with van der Waals surface area (Å²) in [6.07, 6.45) is 4.16. The van der Waals surface area contributed by atoms with Crippen LogP contribution in [0.2, 0.25) is 5.02 Å². The third kappa shape index (κ3) is 3.78. The van der Waals surface area contributed by atoms with Crippen molar-refractivity contribution < 1.29 is 22.9 Å². The molecule has 2 N–H and O–H groups in total. The molecule has 1 aliphatic rings. The Morgan fingerprint density at radius 1 is 1.03 bits per heavy atom. The van der Waals surface area contributed by atoms with E-state index in [4.69, 9.17) is 16.6 Å². The fourth-order valence-corrected chi connectivity index (χ4v) is 4.06. The second kappa shape index (κ2) is 8.19. The molecule has 0 saturated carbocycles. The van der Waals surface area contributed by atoms with E-state index < -0.39 is 0 Å². The van der Waals surface area contributed by atoms with Crippen molar-refractivity contribution in [3.05, 3.63) is 70.6 Å². The SMILES string of the molecule is Fc1ccc2[nH]nc(Nc3cc(-c4ccccc4Cl)nc4c3CCCC4)c2c1.[V]. The Bertz CT molecular complexity index is 1190. The summed E-state index contributed by atoms with van der Waals surface area (Å²) in [6.45, 7) is 0. The number of fused-ring (bicyclic) bond motifs is 2. The van der Waals surface area contributed by atoms with Crippen LogP contribution in [0.25, 0.3) is 22.2 Å². The summed E-state index contributed by atoms with van der Waals surface area (Å²) in [5.74, 6) is 0.323. The Morgan fingerprint density at radius 3 is 2.72 bits per heavy atom. The van der Waals surface area contributed by atoms with Gasteiger partial charge < -0.3 is 5.32 Å². The molecule has 4 nitrogen and oxygen atoms in total. The monoisotopic (exact) mass is 443 g/mol.